The summed E-state index contributed by atoms with van der Waals surface area (Å²) in [7, 11) is 0. The molecule has 4 fully saturated rings. The first kappa shape index (κ1) is 12.6. The van der Waals surface area contributed by atoms with Crippen LogP contribution in [-0.2, 0) is 4.84 Å². The first-order valence-corrected chi connectivity index (χ1v) is 6.92. The van der Waals surface area contributed by atoms with Crippen LogP contribution in [0.25, 0.3) is 5.59 Å². The predicted molar refractivity (Wildman–Crippen MR) is 70.4 cm³/mol. The van der Waals surface area contributed by atoms with E-state index < -0.39 is 0 Å². The minimum atomic E-state index is 0. The van der Waals surface area contributed by atoms with Gasteiger partial charge in [0, 0.05) is 5.41 Å². The summed E-state index contributed by atoms with van der Waals surface area (Å²) in [6, 6.07) is 0. The van der Waals surface area contributed by atoms with Crippen LogP contribution in [0.15, 0.2) is 12.1 Å². The van der Waals surface area contributed by atoms with Gasteiger partial charge in [0.1, 0.15) is 6.20 Å². The molecule has 4 nitrogen and oxygen atoms in total. The van der Waals surface area contributed by atoms with Crippen molar-refractivity contribution in [1.29, 1.82) is 0 Å². The van der Waals surface area contributed by atoms with Crippen molar-refractivity contribution < 1.29 is 9.85 Å². The van der Waals surface area contributed by atoms with Crippen LogP contribution in [0.2, 0.25) is 0 Å². The molecule has 3 N–H and O–H groups in total. The first-order chi connectivity index (χ1) is 8.21. The Labute approximate surface area is 114 Å². The molecule has 0 saturated heterocycles. The van der Waals surface area contributed by atoms with Crippen LogP contribution >= 0.6 is 12.4 Å². The standard InChI is InChI=1S/C13H21N3O.ClH/c14-12-7-16(15-17-12)8-13-4-9-1-10(5-13)3-11(2-9)6-13;/h7,9-11,16H,1-6,8,14H2;1H. The van der Waals surface area contributed by atoms with Crippen LogP contribution in [0, 0.1) is 23.2 Å². The van der Waals surface area contributed by atoms with Gasteiger partial charge in [-0.15, -0.1) is 12.4 Å². The lowest BCUT2D eigenvalue weighted by Gasteiger charge is -2.56. The lowest BCUT2D eigenvalue weighted by atomic mass is 9.49. The van der Waals surface area contributed by atoms with Crippen molar-refractivity contribution in [2.75, 3.05) is 6.54 Å². The Morgan fingerprint density at radius 3 is 2.22 bits per heavy atom. The summed E-state index contributed by atoms with van der Waals surface area (Å²) in [6.45, 7) is 1.09. The maximum Gasteiger partial charge on any atom is 0.227 e. The van der Waals surface area contributed by atoms with E-state index >= 15 is 0 Å². The minimum Gasteiger partial charge on any atom is -0.523 e. The number of nitrogens with zero attached hydrogens (tertiary/aromatic N) is 1. The highest BCUT2D eigenvalue weighted by Gasteiger charge is 2.52. The third kappa shape index (κ3) is 2.00. The van der Waals surface area contributed by atoms with Gasteiger partial charge in [-0.1, -0.05) is 0 Å². The number of quaternary nitrogens is 1. The quantitative estimate of drug-likeness (QED) is 0.800. The second-order valence-electron chi connectivity index (χ2n) is 6.81. The Kier molecular flexibility index (Phi) is 3.00. The molecule has 18 heavy (non-hydrogen) atoms. The van der Waals surface area contributed by atoms with Crippen LogP contribution < -0.4 is 10.7 Å². The molecule has 5 heteroatoms. The fourth-order valence-electron chi connectivity index (χ4n) is 5.30. The lowest BCUT2D eigenvalue weighted by molar-refractivity contribution is -0.824. The van der Waals surface area contributed by atoms with E-state index in [0.717, 1.165) is 29.3 Å². The minimum absolute atomic E-state index is 0. The zero-order chi connectivity index (χ0) is 11.5. The molecular formula is C13H22ClN3O. The summed E-state index contributed by atoms with van der Waals surface area (Å²) in [4.78, 5) is 5.01. The number of nitrogens with one attached hydrogen (secondary N) is 1. The molecule has 5 aliphatic rings. The van der Waals surface area contributed by atoms with E-state index in [0.29, 0.717) is 11.3 Å². The molecule has 1 aliphatic heterocycles. The molecule has 0 radical (unpaired) electrons. The van der Waals surface area contributed by atoms with Crippen molar-refractivity contribution in [3.05, 3.63) is 17.7 Å². The molecule has 5 rings (SSSR count). The maximum absolute atomic E-state index is 5.62. The number of nitrogens with two attached hydrogens (primary N) is 1. The lowest BCUT2D eigenvalue weighted by Crippen LogP contribution is -3.04. The van der Waals surface area contributed by atoms with Crippen molar-refractivity contribution in [3.63, 3.8) is 0 Å². The predicted octanol–water partition coefficient (Wildman–Crippen LogP) is 1.50. The van der Waals surface area contributed by atoms with E-state index in [1.807, 2.05) is 6.20 Å². The molecule has 1 unspecified atom stereocenters. The van der Waals surface area contributed by atoms with Crippen molar-refractivity contribution in [3.8, 4) is 0 Å². The fourth-order valence-corrected chi connectivity index (χ4v) is 5.30. The van der Waals surface area contributed by atoms with E-state index in [-0.39, 0.29) is 12.4 Å². The van der Waals surface area contributed by atoms with Crippen LogP contribution in [-0.4, -0.2) is 6.54 Å². The molecular weight excluding hydrogens is 250 g/mol. The van der Waals surface area contributed by atoms with Crippen molar-refractivity contribution in [1.82, 2.24) is 0 Å². The number of rotatable bonds is 2. The van der Waals surface area contributed by atoms with Crippen LogP contribution in [0.1, 0.15) is 38.5 Å². The van der Waals surface area contributed by atoms with Gasteiger partial charge in [-0.3, -0.25) is 5.59 Å². The zero-order valence-corrected chi connectivity index (χ0v) is 11.4. The molecule has 1 heterocycles. The summed E-state index contributed by atoms with van der Waals surface area (Å²) in [6.07, 6.45) is 10.7. The van der Waals surface area contributed by atoms with Crippen LogP contribution in [0.5, 0.6) is 0 Å². The zero-order valence-electron chi connectivity index (χ0n) is 10.6. The summed E-state index contributed by atoms with van der Waals surface area (Å²) in [5, 5.41) is 1.07. The summed E-state index contributed by atoms with van der Waals surface area (Å²) < 4.78 is 0. The SMILES string of the molecule is Cl.NC1=C[NH+](CC23CC4CC(CC(C4)C2)C3)[N-]O1. The van der Waals surface area contributed by atoms with Gasteiger partial charge in [0.2, 0.25) is 5.88 Å². The molecule has 0 aromatic rings. The van der Waals surface area contributed by atoms with E-state index in [1.54, 1.807) is 0 Å². The summed E-state index contributed by atoms with van der Waals surface area (Å²) in [5.74, 6) is 3.48. The largest absolute Gasteiger partial charge is 0.523 e. The molecule has 0 amide bonds. The Morgan fingerprint density at radius 2 is 1.78 bits per heavy atom. The third-order valence-electron chi connectivity index (χ3n) is 5.30. The van der Waals surface area contributed by atoms with Gasteiger partial charge in [0.25, 0.3) is 0 Å². The maximum atomic E-state index is 5.62. The molecule has 0 aromatic carbocycles. The van der Waals surface area contributed by atoms with Gasteiger partial charge < -0.3 is 15.6 Å². The van der Waals surface area contributed by atoms with Crippen molar-refractivity contribution in [2.24, 2.45) is 28.9 Å². The van der Waals surface area contributed by atoms with E-state index in [2.05, 4.69) is 5.59 Å². The van der Waals surface area contributed by atoms with Gasteiger partial charge >= 0.3 is 0 Å². The molecule has 4 saturated carbocycles. The highest BCUT2D eigenvalue weighted by molar-refractivity contribution is 5.85. The van der Waals surface area contributed by atoms with Gasteiger partial charge in [0.05, 0.1) is 6.54 Å². The highest BCUT2D eigenvalue weighted by atomic mass is 35.5. The molecule has 4 aliphatic carbocycles. The normalized spacial score (nSPS) is 48.6. The summed E-state index contributed by atoms with van der Waals surface area (Å²) >= 11 is 0. The number of hydrogen-bond donors (Lipinski definition) is 2. The Bertz CT molecular complexity index is 336. The number of halogens is 1. The molecule has 0 spiro atoms. The monoisotopic (exact) mass is 271 g/mol. The second-order valence-corrected chi connectivity index (χ2v) is 6.81. The molecule has 4 bridgehead atoms. The van der Waals surface area contributed by atoms with Crippen LogP contribution in [0.4, 0.5) is 0 Å². The van der Waals surface area contributed by atoms with Gasteiger partial charge in [-0.2, -0.15) is 0 Å². The van der Waals surface area contributed by atoms with Crippen molar-refractivity contribution in [2.45, 2.75) is 38.5 Å². The summed E-state index contributed by atoms with van der Waals surface area (Å²) in [5.41, 5.74) is 10.2. The molecule has 0 aromatic heterocycles. The molecule has 102 valence electrons. The second kappa shape index (κ2) is 4.29. The Balaban J connectivity index is 0.000001000. The van der Waals surface area contributed by atoms with Gasteiger partial charge in [-0.25, -0.2) is 0 Å². The fraction of sp³-hybridized carbons (Fsp3) is 0.846. The smallest absolute Gasteiger partial charge is 0.227 e. The number of hydrogen-bond acceptors (Lipinski definition) is 2. The first-order valence-electron chi connectivity index (χ1n) is 6.92. The Morgan fingerprint density at radius 1 is 1.22 bits per heavy atom. The average Bonchev–Trinajstić information content (AvgIpc) is 2.60. The molecule has 1 atom stereocenters. The van der Waals surface area contributed by atoms with Gasteiger partial charge in [0.15, 0.2) is 0 Å². The van der Waals surface area contributed by atoms with E-state index in [4.69, 9.17) is 10.6 Å². The van der Waals surface area contributed by atoms with E-state index in [9.17, 15) is 0 Å². The van der Waals surface area contributed by atoms with Crippen LogP contribution in [0.3, 0.4) is 0 Å². The topological polar surface area (TPSA) is 53.8 Å². The highest BCUT2D eigenvalue weighted by Crippen LogP contribution is 2.59. The third-order valence-corrected chi connectivity index (χ3v) is 5.30. The van der Waals surface area contributed by atoms with E-state index in [1.165, 1.54) is 38.5 Å². The van der Waals surface area contributed by atoms with Gasteiger partial charge in [-0.05, 0) is 56.3 Å². The average molecular weight is 272 g/mol. The Hall–Kier alpha value is -0.450. The van der Waals surface area contributed by atoms with Crippen molar-refractivity contribution >= 4 is 12.4 Å².